The third-order valence-electron chi connectivity index (χ3n) is 4.03. The third kappa shape index (κ3) is 2.32. The van der Waals surface area contributed by atoms with Gasteiger partial charge in [0.25, 0.3) is 0 Å². The van der Waals surface area contributed by atoms with Crippen LogP contribution in [0, 0.1) is 0 Å². The number of benzene rings is 1. The monoisotopic (exact) mass is 289 g/mol. The minimum atomic E-state index is -0.797. The minimum absolute atomic E-state index is 0.136. The molecule has 0 radical (unpaired) electrons. The van der Waals surface area contributed by atoms with Gasteiger partial charge in [0.15, 0.2) is 0 Å². The summed E-state index contributed by atoms with van der Waals surface area (Å²) in [6, 6.07) is 8.13. The van der Waals surface area contributed by atoms with Crippen molar-refractivity contribution in [2.45, 2.75) is 18.4 Å². The van der Waals surface area contributed by atoms with Crippen molar-refractivity contribution in [1.82, 2.24) is 4.98 Å². The first-order chi connectivity index (χ1) is 10.2. The van der Waals surface area contributed by atoms with Crippen LogP contribution >= 0.6 is 0 Å². The molecule has 5 nitrogen and oxygen atoms in total. The predicted molar refractivity (Wildman–Crippen MR) is 78.1 cm³/mol. The Hall–Kier alpha value is -1.85. The van der Waals surface area contributed by atoms with Crippen LogP contribution in [0.1, 0.15) is 17.7 Å². The fraction of sp³-hybridized carbons (Fsp3) is 0.438. The van der Waals surface area contributed by atoms with E-state index in [1.807, 2.05) is 18.2 Å². The quantitative estimate of drug-likeness (QED) is 0.876. The van der Waals surface area contributed by atoms with E-state index in [9.17, 15) is 4.79 Å². The molecule has 2 aromatic rings. The van der Waals surface area contributed by atoms with Gasteiger partial charge in [0.1, 0.15) is 5.60 Å². The highest BCUT2D eigenvalue weighted by Gasteiger charge is 2.42. The second-order valence-corrected chi connectivity index (χ2v) is 5.30. The van der Waals surface area contributed by atoms with Gasteiger partial charge >= 0.3 is 5.97 Å². The normalized spacial score (nSPS) is 21.2. The van der Waals surface area contributed by atoms with Gasteiger partial charge in [-0.25, -0.2) is 0 Å². The van der Waals surface area contributed by atoms with Crippen LogP contribution in [-0.4, -0.2) is 38.4 Å². The number of aromatic nitrogens is 1. The van der Waals surface area contributed by atoms with E-state index in [1.54, 1.807) is 7.11 Å². The Labute approximate surface area is 123 Å². The predicted octanol–water partition coefficient (Wildman–Crippen LogP) is 2.15. The summed E-state index contributed by atoms with van der Waals surface area (Å²) in [5.41, 5.74) is 2.40. The number of nitrogens with one attached hydrogen (secondary N) is 1. The summed E-state index contributed by atoms with van der Waals surface area (Å²) in [5.74, 6) is -0.307. The largest absolute Gasteiger partial charge is 0.469 e. The number of rotatable bonds is 4. The molecule has 1 N–H and O–H groups in total. The minimum Gasteiger partial charge on any atom is -0.469 e. The van der Waals surface area contributed by atoms with Crippen LogP contribution in [-0.2, 0) is 31.0 Å². The number of esters is 1. The molecule has 3 rings (SSSR count). The maximum absolute atomic E-state index is 11.8. The summed E-state index contributed by atoms with van der Waals surface area (Å²) in [6.45, 7) is 0.872. The van der Waals surface area contributed by atoms with Gasteiger partial charge < -0.3 is 19.2 Å². The molecule has 0 saturated heterocycles. The van der Waals surface area contributed by atoms with Gasteiger partial charge in [-0.05, 0) is 18.1 Å². The first-order valence-corrected chi connectivity index (χ1v) is 7.00. The number of methoxy groups -OCH3 is 2. The molecule has 5 heteroatoms. The smallest absolute Gasteiger partial charge is 0.308 e. The summed E-state index contributed by atoms with van der Waals surface area (Å²) in [5, 5.41) is 1.18. The van der Waals surface area contributed by atoms with Gasteiger partial charge in [0.05, 0.1) is 32.4 Å². The van der Waals surface area contributed by atoms with E-state index in [0.717, 1.165) is 17.6 Å². The van der Waals surface area contributed by atoms with Gasteiger partial charge in [-0.15, -0.1) is 0 Å². The van der Waals surface area contributed by atoms with E-state index in [2.05, 4.69) is 11.1 Å². The summed E-state index contributed by atoms with van der Waals surface area (Å²) in [6.07, 6.45) is 0.961. The van der Waals surface area contributed by atoms with Crippen molar-refractivity contribution < 1.29 is 19.0 Å². The summed E-state index contributed by atoms with van der Waals surface area (Å²) < 4.78 is 16.1. The highest BCUT2D eigenvalue weighted by molar-refractivity contribution is 5.85. The van der Waals surface area contributed by atoms with Crippen molar-refractivity contribution in [1.29, 1.82) is 0 Å². The molecule has 2 heterocycles. The fourth-order valence-corrected chi connectivity index (χ4v) is 3.11. The molecule has 0 amide bonds. The van der Waals surface area contributed by atoms with E-state index < -0.39 is 5.60 Å². The van der Waals surface area contributed by atoms with Crippen molar-refractivity contribution in [3.8, 4) is 0 Å². The molecule has 0 fully saturated rings. The van der Waals surface area contributed by atoms with E-state index in [1.165, 1.54) is 18.1 Å². The number of hydrogen-bond donors (Lipinski definition) is 1. The topological polar surface area (TPSA) is 60.6 Å². The number of carbonyl (C=O) groups excluding carboxylic acids is 1. The third-order valence-corrected chi connectivity index (χ3v) is 4.03. The Balaban J connectivity index is 2.13. The van der Waals surface area contributed by atoms with Crippen molar-refractivity contribution in [3.05, 3.63) is 35.5 Å². The van der Waals surface area contributed by atoms with Crippen LogP contribution in [0.2, 0.25) is 0 Å². The standard InChI is InChI=1S/C16H19NO4/c1-19-10-16(9-14(18)20-2)15-12(7-8-21-16)11-5-3-4-6-13(11)17-15/h3-6,17H,7-10H2,1-2H3. The van der Waals surface area contributed by atoms with Crippen molar-refractivity contribution in [3.63, 3.8) is 0 Å². The van der Waals surface area contributed by atoms with Gasteiger partial charge in [-0.1, -0.05) is 18.2 Å². The Morgan fingerprint density at radius 1 is 1.38 bits per heavy atom. The maximum Gasteiger partial charge on any atom is 0.308 e. The lowest BCUT2D eigenvalue weighted by molar-refractivity contribution is -0.158. The number of H-pyrrole nitrogens is 1. The van der Waals surface area contributed by atoms with E-state index in [0.29, 0.717) is 13.2 Å². The van der Waals surface area contributed by atoms with Crippen LogP contribution < -0.4 is 0 Å². The number of ether oxygens (including phenoxy) is 3. The fourth-order valence-electron chi connectivity index (χ4n) is 3.11. The molecule has 1 aromatic heterocycles. The first-order valence-electron chi connectivity index (χ1n) is 7.00. The van der Waals surface area contributed by atoms with Crippen molar-refractivity contribution in [2.75, 3.05) is 27.4 Å². The molecule has 0 spiro atoms. The van der Waals surface area contributed by atoms with E-state index in [4.69, 9.17) is 14.2 Å². The van der Waals surface area contributed by atoms with Gasteiger partial charge in [-0.3, -0.25) is 4.79 Å². The van der Waals surface area contributed by atoms with Gasteiger partial charge in [-0.2, -0.15) is 0 Å². The number of aromatic amines is 1. The number of carbonyl (C=O) groups is 1. The summed E-state index contributed by atoms with van der Waals surface area (Å²) >= 11 is 0. The first kappa shape index (κ1) is 14.1. The average molecular weight is 289 g/mol. The van der Waals surface area contributed by atoms with Crippen LogP contribution in [0.3, 0.4) is 0 Å². The number of fused-ring (bicyclic) bond motifs is 3. The average Bonchev–Trinajstić information content (AvgIpc) is 2.88. The Morgan fingerprint density at radius 3 is 2.95 bits per heavy atom. The molecule has 21 heavy (non-hydrogen) atoms. The second-order valence-electron chi connectivity index (χ2n) is 5.30. The Morgan fingerprint density at radius 2 is 2.19 bits per heavy atom. The van der Waals surface area contributed by atoms with E-state index in [-0.39, 0.29) is 12.4 Å². The van der Waals surface area contributed by atoms with Gasteiger partial charge in [0.2, 0.25) is 0 Å². The molecular formula is C16H19NO4. The Bertz CT molecular complexity index is 663. The van der Waals surface area contributed by atoms with Crippen LogP contribution in [0.15, 0.2) is 24.3 Å². The molecular weight excluding hydrogens is 270 g/mol. The second kappa shape index (κ2) is 5.50. The lowest BCUT2D eigenvalue weighted by Crippen LogP contribution is -2.42. The molecule has 1 aliphatic heterocycles. The van der Waals surface area contributed by atoms with Crippen LogP contribution in [0.5, 0.6) is 0 Å². The van der Waals surface area contributed by atoms with Gasteiger partial charge in [0, 0.05) is 18.0 Å². The zero-order chi connectivity index (χ0) is 14.9. The zero-order valence-corrected chi connectivity index (χ0v) is 12.3. The van der Waals surface area contributed by atoms with Crippen LogP contribution in [0.25, 0.3) is 10.9 Å². The highest BCUT2D eigenvalue weighted by atomic mass is 16.5. The molecule has 1 aliphatic rings. The van der Waals surface area contributed by atoms with E-state index >= 15 is 0 Å². The number of para-hydroxylation sites is 1. The van der Waals surface area contributed by atoms with Crippen molar-refractivity contribution in [2.24, 2.45) is 0 Å². The summed E-state index contributed by atoms with van der Waals surface area (Å²) in [7, 11) is 3.00. The SMILES string of the molecule is COCC1(CC(=O)OC)OCCc2c1[nH]c1ccccc21. The zero-order valence-electron chi connectivity index (χ0n) is 12.3. The summed E-state index contributed by atoms with van der Waals surface area (Å²) in [4.78, 5) is 15.2. The molecule has 0 saturated carbocycles. The molecule has 0 aliphatic carbocycles. The number of hydrogen-bond acceptors (Lipinski definition) is 4. The van der Waals surface area contributed by atoms with Crippen LogP contribution in [0.4, 0.5) is 0 Å². The molecule has 1 aromatic carbocycles. The Kier molecular flexibility index (Phi) is 3.69. The lowest BCUT2D eigenvalue weighted by atomic mass is 9.89. The van der Waals surface area contributed by atoms with Crippen molar-refractivity contribution >= 4 is 16.9 Å². The maximum atomic E-state index is 11.8. The highest BCUT2D eigenvalue weighted by Crippen LogP contribution is 2.39. The molecule has 112 valence electrons. The molecule has 0 bridgehead atoms. The molecule has 1 unspecified atom stereocenters. The lowest BCUT2D eigenvalue weighted by Gasteiger charge is -2.36. The molecule has 1 atom stereocenters.